The Morgan fingerprint density at radius 2 is 1.81 bits per heavy atom. The van der Waals surface area contributed by atoms with Gasteiger partial charge in [-0.05, 0) is 59.3 Å². The molecule has 0 spiro atoms. The summed E-state index contributed by atoms with van der Waals surface area (Å²) in [7, 11) is -2.53. The zero-order chi connectivity index (χ0) is 25.2. The van der Waals surface area contributed by atoms with E-state index in [4.69, 9.17) is 13.8 Å². The van der Waals surface area contributed by atoms with Gasteiger partial charge in [0.1, 0.15) is 6.61 Å². The second-order valence-electron chi connectivity index (χ2n) is 8.50. The monoisotopic (exact) mass is 504 g/mol. The van der Waals surface area contributed by atoms with Gasteiger partial charge in [0.25, 0.3) is 0 Å². The highest BCUT2D eigenvalue weighted by Gasteiger charge is 2.14. The van der Waals surface area contributed by atoms with Crippen molar-refractivity contribution in [2.45, 2.75) is 39.2 Å². The third kappa shape index (κ3) is 6.93. The Balaban J connectivity index is 1.54. The van der Waals surface area contributed by atoms with Crippen LogP contribution in [0.15, 0.2) is 71.1 Å². The van der Waals surface area contributed by atoms with Crippen molar-refractivity contribution in [2.24, 2.45) is 0 Å². The number of nitrogens with zero attached hydrogens (tertiary/aromatic N) is 2. The molecule has 0 aliphatic heterocycles. The van der Waals surface area contributed by atoms with E-state index in [-0.39, 0.29) is 6.61 Å². The fourth-order valence-electron chi connectivity index (χ4n) is 4.14. The highest BCUT2D eigenvalue weighted by atomic mass is 31.1. The van der Waals surface area contributed by atoms with E-state index in [0.29, 0.717) is 31.3 Å². The van der Waals surface area contributed by atoms with Crippen LogP contribution in [-0.4, -0.2) is 28.2 Å². The lowest BCUT2D eigenvalue weighted by Gasteiger charge is -2.10. The summed E-state index contributed by atoms with van der Waals surface area (Å²) in [5.74, 6) is 0.997. The lowest BCUT2D eigenvalue weighted by molar-refractivity contribution is 0.276. The van der Waals surface area contributed by atoms with Gasteiger partial charge in [0.2, 0.25) is 11.8 Å². The predicted octanol–water partition coefficient (Wildman–Crippen LogP) is 6.77. The van der Waals surface area contributed by atoms with E-state index in [1.165, 1.54) is 11.1 Å². The third-order valence-corrected chi connectivity index (χ3v) is 6.35. The molecule has 1 aromatic heterocycles. The van der Waals surface area contributed by atoms with Crippen molar-refractivity contribution in [1.29, 1.82) is 0 Å². The molecule has 4 rings (SSSR count). The van der Waals surface area contributed by atoms with Gasteiger partial charge in [0.05, 0.1) is 0 Å². The average molecular weight is 505 g/mol. The molecule has 2 N–H and O–H groups in total. The van der Waals surface area contributed by atoms with Gasteiger partial charge in [-0.3, -0.25) is 0 Å². The fourth-order valence-corrected chi connectivity index (χ4v) is 4.42. The Morgan fingerprint density at radius 1 is 1.03 bits per heavy atom. The van der Waals surface area contributed by atoms with Gasteiger partial charge >= 0.3 is 8.25 Å². The van der Waals surface area contributed by atoms with Crippen LogP contribution in [0.4, 0.5) is 0 Å². The molecule has 3 aromatic carbocycles. The van der Waals surface area contributed by atoms with Crippen LogP contribution in [0.5, 0.6) is 0 Å². The van der Waals surface area contributed by atoms with Gasteiger partial charge < -0.3 is 9.73 Å². The number of aromatic nitrogens is 2. The van der Waals surface area contributed by atoms with Crippen LogP contribution in [0.25, 0.3) is 33.9 Å². The molecule has 0 aliphatic rings. The van der Waals surface area contributed by atoms with Crippen LogP contribution in [0, 0.1) is 0 Å². The second-order valence-corrected chi connectivity index (χ2v) is 9.24. The van der Waals surface area contributed by atoms with Crippen molar-refractivity contribution in [2.75, 3.05) is 13.2 Å². The summed E-state index contributed by atoms with van der Waals surface area (Å²) in [5.41, 5.74) is 4.41. The molecule has 36 heavy (non-hydrogen) atoms. The number of fused-ring (bicyclic) bond motifs is 1. The van der Waals surface area contributed by atoms with Gasteiger partial charge in [-0.25, -0.2) is 0 Å². The van der Waals surface area contributed by atoms with Gasteiger partial charge in [-0.15, -0.1) is 19.6 Å². The van der Waals surface area contributed by atoms with Crippen LogP contribution >= 0.6 is 8.25 Å². The first kappa shape index (κ1) is 25.9. The summed E-state index contributed by atoms with van der Waals surface area (Å²) >= 11 is 0. The third-order valence-electron chi connectivity index (χ3n) is 5.94. The van der Waals surface area contributed by atoms with Crippen molar-refractivity contribution in [3.8, 4) is 11.5 Å². The summed E-state index contributed by atoms with van der Waals surface area (Å²) in [4.78, 5) is 8.70. The molecule has 1 unspecified atom stereocenters. The zero-order valence-corrected chi connectivity index (χ0v) is 21.3. The van der Waals surface area contributed by atoms with E-state index in [1.807, 2.05) is 42.5 Å². The van der Waals surface area contributed by atoms with Crippen molar-refractivity contribution in [3.05, 3.63) is 83.7 Å². The Labute approximate surface area is 212 Å². The summed E-state index contributed by atoms with van der Waals surface area (Å²) in [6, 6.07) is 22.6. The minimum Gasteiger partial charge on any atom is -0.417 e. The molecule has 0 amide bonds. The molecule has 0 saturated carbocycles. The normalized spacial score (nSPS) is 12.3. The van der Waals surface area contributed by atoms with Crippen molar-refractivity contribution in [3.63, 3.8) is 0 Å². The Hall–Kier alpha value is -3.22. The van der Waals surface area contributed by atoms with E-state index in [1.54, 1.807) is 0 Å². The highest BCUT2D eigenvalue weighted by molar-refractivity contribution is 7.32. The predicted molar refractivity (Wildman–Crippen MR) is 143 cm³/mol. The number of hydrogen-bond donors (Lipinski definition) is 2. The molecule has 0 radical (unpaired) electrons. The van der Waals surface area contributed by atoms with Gasteiger partial charge in [0, 0.05) is 22.7 Å². The van der Waals surface area contributed by atoms with E-state index in [9.17, 15) is 4.57 Å². The minimum atomic E-state index is -2.53. The van der Waals surface area contributed by atoms with E-state index in [2.05, 4.69) is 52.8 Å². The van der Waals surface area contributed by atoms with E-state index >= 15 is 0 Å². The molecule has 0 saturated heterocycles. The SMILES string of the molecule is CCCC/C(=C\c1nnc(-c2ccc(CNCCCO[P+](=O)O)c3ccccc23)o1)c1ccccc1. The summed E-state index contributed by atoms with van der Waals surface area (Å²) in [5, 5.41) is 14.2. The van der Waals surface area contributed by atoms with Crippen LogP contribution in [-0.2, 0) is 15.6 Å². The van der Waals surface area contributed by atoms with Crippen molar-refractivity contribution in [1.82, 2.24) is 15.5 Å². The number of rotatable bonds is 13. The molecule has 1 heterocycles. The van der Waals surface area contributed by atoms with Crippen LogP contribution in [0.3, 0.4) is 0 Å². The number of benzene rings is 3. The first-order chi connectivity index (χ1) is 17.7. The smallest absolute Gasteiger partial charge is 0.417 e. The summed E-state index contributed by atoms with van der Waals surface area (Å²) in [6.45, 7) is 3.78. The molecule has 0 fully saturated rings. The topological polar surface area (TPSA) is 97.5 Å². The first-order valence-corrected chi connectivity index (χ1v) is 13.4. The van der Waals surface area contributed by atoms with E-state index in [0.717, 1.165) is 41.2 Å². The Kier molecular flexibility index (Phi) is 9.47. The maximum absolute atomic E-state index is 10.6. The Morgan fingerprint density at radius 3 is 2.58 bits per heavy atom. The number of nitrogens with one attached hydrogen (secondary N) is 1. The van der Waals surface area contributed by atoms with Gasteiger partial charge in [0.15, 0.2) is 0 Å². The number of hydrogen-bond acceptors (Lipinski definition) is 6. The molecule has 0 bridgehead atoms. The lowest BCUT2D eigenvalue weighted by Crippen LogP contribution is -2.16. The molecular formula is C28H31N3O4P+. The summed E-state index contributed by atoms with van der Waals surface area (Å²) < 4.78 is 21.4. The first-order valence-electron chi connectivity index (χ1n) is 12.3. The molecule has 1 atom stereocenters. The maximum Gasteiger partial charge on any atom is 0.694 e. The molecule has 8 heteroatoms. The minimum absolute atomic E-state index is 0.247. The standard InChI is InChI=1S/C28H30N3O4P/c1-2-3-10-22(21-11-5-4-6-12-21)19-27-30-31-28(35-27)26-16-15-23(24-13-7-8-14-25(24)26)20-29-17-9-18-34-36(32)33/h4-8,11-16,19,29H,2-3,9-10,17-18,20H2,1H3/p+1/b22-19+. The zero-order valence-electron chi connectivity index (χ0n) is 20.4. The van der Waals surface area contributed by atoms with E-state index < -0.39 is 8.25 Å². The van der Waals surface area contributed by atoms with Crippen LogP contribution in [0.1, 0.15) is 49.6 Å². The Bertz CT molecular complexity index is 1320. The second kappa shape index (κ2) is 13.2. The molecule has 0 aliphatic carbocycles. The van der Waals surface area contributed by atoms with Gasteiger partial charge in [-0.1, -0.05) is 74.0 Å². The average Bonchev–Trinajstić information content (AvgIpc) is 3.37. The number of allylic oxidation sites excluding steroid dienone is 1. The summed E-state index contributed by atoms with van der Waals surface area (Å²) in [6.07, 6.45) is 5.81. The largest absolute Gasteiger partial charge is 0.694 e. The van der Waals surface area contributed by atoms with Crippen molar-refractivity contribution < 1.29 is 18.4 Å². The molecule has 186 valence electrons. The molecular weight excluding hydrogens is 473 g/mol. The maximum atomic E-state index is 10.6. The molecule has 4 aromatic rings. The lowest BCUT2D eigenvalue weighted by atomic mass is 9.99. The van der Waals surface area contributed by atoms with Crippen LogP contribution in [0.2, 0.25) is 0 Å². The quantitative estimate of drug-likeness (QED) is 0.153. The van der Waals surface area contributed by atoms with Crippen LogP contribution < -0.4 is 5.32 Å². The number of unbranched alkanes of at least 4 members (excludes halogenated alkanes) is 1. The fraction of sp³-hybridized carbons (Fsp3) is 0.286. The highest BCUT2D eigenvalue weighted by Crippen LogP contribution is 2.31. The van der Waals surface area contributed by atoms with Gasteiger partial charge in [-0.2, -0.15) is 0 Å². The van der Waals surface area contributed by atoms with Crippen molar-refractivity contribution >= 4 is 30.7 Å². The molecule has 7 nitrogen and oxygen atoms in total.